The molecule has 0 atom stereocenters. The molecule has 6 heteroatoms. The Balaban J connectivity index is 1.77. The maximum absolute atomic E-state index is 4.84. The lowest BCUT2D eigenvalue weighted by atomic mass is 10.1. The Morgan fingerprint density at radius 3 is 2.92 bits per heavy atom. The van der Waals surface area contributed by atoms with E-state index in [0.29, 0.717) is 0 Å². The van der Waals surface area contributed by atoms with Gasteiger partial charge in [0.15, 0.2) is 11.5 Å². The molecule has 5 rings (SSSR count). The molecule has 4 heterocycles. The second kappa shape index (κ2) is 4.99. The van der Waals surface area contributed by atoms with E-state index in [-0.39, 0.29) is 0 Å². The Labute approximate surface area is 138 Å². The molecule has 0 bridgehead atoms. The van der Waals surface area contributed by atoms with E-state index >= 15 is 0 Å². The molecule has 0 unspecified atom stereocenters. The van der Waals surface area contributed by atoms with Crippen molar-refractivity contribution < 1.29 is 0 Å². The van der Waals surface area contributed by atoms with E-state index in [1.807, 2.05) is 48.1 Å². The van der Waals surface area contributed by atoms with Crippen molar-refractivity contribution in [3.05, 3.63) is 59.7 Å². The van der Waals surface area contributed by atoms with Crippen molar-refractivity contribution in [2.24, 2.45) is 0 Å². The van der Waals surface area contributed by atoms with Gasteiger partial charge in [0.25, 0.3) is 0 Å². The zero-order valence-corrected chi connectivity index (χ0v) is 13.3. The Bertz CT molecular complexity index is 1060. The van der Waals surface area contributed by atoms with Gasteiger partial charge in [0, 0.05) is 23.7 Å². The molecule has 0 N–H and O–H groups in total. The zero-order chi connectivity index (χ0) is 16.1. The number of hydrogen-bond acceptors (Lipinski definition) is 4. The van der Waals surface area contributed by atoms with Gasteiger partial charge in [0.2, 0.25) is 0 Å². The van der Waals surface area contributed by atoms with E-state index < -0.39 is 0 Å². The van der Waals surface area contributed by atoms with E-state index in [4.69, 9.17) is 10.2 Å². The topological polar surface area (TPSA) is 60.9 Å². The highest BCUT2D eigenvalue weighted by Gasteiger charge is 2.25. The first kappa shape index (κ1) is 13.4. The molecule has 118 valence electrons. The van der Waals surface area contributed by atoms with Gasteiger partial charge < -0.3 is 0 Å². The van der Waals surface area contributed by atoms with Gasteiger partial charge in [-0.2, -0.15) is 10.2 Å². The molecule has 24 heavy (non-hydrogen) atoms. The first-order valence-electron chi connectivity index (χ1n) is 8.15. The molecule has 0 aromatic carbocycles. The fraction of sp³-hybridized carbons (Fsp3) is 0.222. The van der Waals surface area contributed by atoms with Crippen LogP contribution in [-0.4, -0.2) is 29.4 Å². The monoisotopic (exact) mass is 316 g/mol. The second-order valence-electron chi connectivity index (χ2n) is 6.12. The quantitative estimate of drug-likeness (QED) is 0.570. The third kappa shape index (κ3) is 1.96. The fourth-order valence-electron chi connectivity index (χ4n) is 3.41. The molecule has 6 nitrogen and oxygen atoms in total. The predicted molar refractivity (Wildman–Crippen MR) is 90.1 cm³/mol. The summed E-state index contributed by atoms with van der Waals surface area (Å²) in [6.45, 7) is 2.00. The standard InChI is InChI=1S/C18H16N6/c1-12-4-2-7-17(20-12)24-18(13-5-3-6-14(13)22-24)15-8-9-16-19-10-11-23(16)21-15/h2,4,7-11H,3,5-6H2,1H3. The van der Waals surface area contributed by atoms with Crippen LogP contribution in [0.15, 0.2) is 42.7 Å². The van der Waals surface area contributed by atoms with Crippen LogP contribution in [0.2, 0.25) is 0 Å². The number of rotatable bonds is 2. The van der Waals surface area contributed by atoms with Crippen LogP contribution in [0.3, 0.4) is 0 Å². The van der Waals surface area contributed by atoms with Crippen LogP contribution in [-0.2, 0) is 12.8 Å². The first-order chi connectivity index (χ1) is 11.8. The largest absolute Gasteiger partial charge is 0.236 e. The summed E-state index contributed by atoms with van der Waals surface area (Å²) >= 11 is 0. The Morgan fingerprint density at radius 2 is 2.00 bits per heavy atom. The van der Waals surface area contributed by atoms with Gasteiger partial charge in [-0.3, -0.25) is 0 Å². The van der Waals surface area contributed by atoms with Crippen molar-refractivity contribution in [1.29, 1.82) is 0 Å². The first-order valence-corrected chi connectivity index (χ1v) is 8.15. The van der Waals surface area contributed by atoms with Crippen LogP contribution in [0.25, 0.3) is 22.9 Å². The van der Waals surface area contributed by atoms with Crippen molar-refractivity contribution in [1.82, 2.24) is 29.4 Å². The minimum absolute atomic E-state index is 0.840. The summed E-state index contributed by atoms with van der Waals surface area (Å²) in [7, 11) is 0. The normalized spacial score (nSPS) is 13.5. The van der Waals surface area contributed by atoms with Gasteiger partial charge >= 0.3 is 0 Å². The van der Waals surface area contributed by atoms with Crippen LogP contribution in [0.4, 0.5) is 0 Å². The average molecular weight is 316 g/mol. The molecule has 0 aliphatic heterocycles. The fourth-order valence-corrected chi connectivity index (χ4v) is 3.41. The Morgan fingerprint density at radius 1 is 1.04 bits per heavy atom. The zero-order valence-electron chi connectivity index (χ0n) is 13.3. The number of nitrogens with zero attached hydrogens (tertiary/aromatic N) is 6. The number of fused-ring (bicyclic) bond motifs is 2. The summed E-state index contributed by atoms with van der Waals surface area (Å²) in [5.74, 6) is 0.840. The highest BCUT2D eigenvalue weighted by Crippen LogP contribution is 2.33. The summed E-state index contributed by atoms with van der Waals surface area (Å²) in [6.07, 6.45) is 6.84. The SMILES string of the molecule is Cc1cccc(-n2nc3c(c2-c2ccc4nccn4n2)CCC3)n1. The number of aryl methyl sites for hydroxylation is 2. The molecule has 0 spiro atoms. The minimum Gasteiger partial charge on any atom is -0.236 e. The van der Waals surface area contributed by atoms with Crippen molar-refractivity contribution in [2.45, 2.75) is 26.2 Å². The molecular weight excluding hydrogens is 300 g/mol. The predicted octanol–water partition coefficient (Wildman–Crippen LogP) is 2.77. The van der Waals surface area contributed by atoms with Crippen molar-refractivity contribution >= 4 is 5.65 Å². The molecule has 0 fully saturated rings. The molecule has 0 amide bonds. The summed E-state index contributed by atoms with van der Waals surface area (Å²) in [5.41, 5.74) is 6.24. The second-order valence-corrected chi connectivity index (χ2v) is 6.12. The van der Waals surface area contributed by atoms with Crippen molar-refractivity contribution in [3.8, 4) is 17.2 Å². The summed E-state index contributed by atoms with van der Waals surface area (Å²) < 4.78 is 3.75. The lowest BCUT2D eigenvalue weighted by molar-refractivity contribution is 0.782. The third-order valence-corrected chi connectivity index (χ3v) is 4.50. The van der Waals surface area contributed by atoms with Crippen LogP contribution in [0.5, 0.6) is 0 Å². The van der Waals surface area contributed by atoms with Gasteiger partial charge in [-0.15, -0.1) is 0 Å². The number of imidazole rings is 1. The van der Waals surface area contributed by atoms with E-state index in [0.717, 1.165) is 47.8 Å². The third-order valence-electron chi connectivity index (χ3n) is 4.50. The van der Waals surface area contributed by atoms with Gasteiger partial charge in [-0.05, 0) is 50.5 Å². The summed E-state index contributed by atoms with van der Waals surface area (Å²) in [6, 6.07) is 10.0. The molecule has 0 saturated heterocycles. The summed E-state index contributed by atoms with van der Waals surface area (Å²) in [5, 5.41) is 9.56. The molecular formula is C18H16N6. The van der Waals surface area contributed by atoms with E-state index in [2.05, 4.69) is 9.97 Å². The van der Waals surface area contributed by atoms with E-state index in [1.165, 1.54) is 11.3 Å². The van der Waals surface area contributed by atoms with Gasteiger partial charge in [-0.25, -0.2) is 19.2 Å². The van der Waals surface area contributed by atoms with Crippen LogP contribution >= 0.6 is 0 Å². The van der Waals surface area contributed by atoms with Gasteiger partial charge in [-0.1, -0.05) is 6.07 Å². The van der Waals surface area contributed by atoms with Crippen molar-refractivity contribution in [3.63, 3.8) is 0 Å². The molecule has 1 aliphatic rings. The van der Waals surface area contributed by atoms with Crippen LogP contribution < -0.4 is 0 Å². The van der Waals surface area contributed by atoms with E-state index in [1.54, 1.807) is 10.7 Å². The van der Waals surface area contributed by atoms with Crippen LogP contribution in [0.1, 0.15) is 23.4 Å². The number of hydrogen-bond donors (Lipinski definition) is 0. The molecule has 1 aliphatic carbocycles. The smallest absolute Gasteiger partial charge is 0.154 e. The molecule has 4 aromatic heterocycles. The highest BCUT2D eigenvalue weighted by molar-refractivity contribution is 5.65. The Kier molecular flexibility index (Phi) is 2.79. The van der Waals surface area contributed by atoms with Gasteiger partial charge in [0.1, 0.15) is 5.69 Å². The lowest BCUT2D eigenvalue weighted by Crippen LogP contribution is -2.06. The van der Waals surface area contributed by atoms with Gasteiger partial charge in [0.05, 0.1) is 11.4 Å². The number of aromatic nitrogens is 6. The maximum atomic E-state index is 4.84. The molecule has 4 aromatic rings. The Hall–Kier alpha value is -3.02. The van der Waals surface area contributed by atoms with E-state index in [9.17, 15) is 0 Å². The van der Waals surface area contributed by atoms with Crippen LogP contribution in [0, 0.1) is 6.92 Å². The maximum Gasteiger partial charge on any atom is 0.154 e. The average Bonchev–Trinajstić information content (AvgIpc) is 3.29. The minimum atomic E-state index is 0.840. The highest BCUT2D eigenvalue weighted by atomic mass is 15.3. The molecule has 0 saturated carbocycles. The molecule has 0 radical (unpaired) electrons. The van der Waals surface area contributed by atoms with Crippen molar-refractivity contribution in [2.75, 3.05) is 0 Å². The number of pyridine rings is 1. The summed E-state index contributed by atoms with van der Waals surface area (Å²) in [4.78, 5) is 8.92. The lowest BCUT2D eigenvalue weighted by Gasteiger charge is -2.09.